The van der Waals surface area contributed by atoms with E-state index in [2.05, 4.69) is 5.32 Å². The van der Waals surface area contributed by atoms with Gasteiger partial charge in [-0.15, -0.1) is 0 Å². The summed E-state index contributed by atoms with van der Waals surface area (Å²) in [5, 5.41) is 3.17. The van der Waals surface area contributed by atoms with E-state index in [0.717, 1.165) is 30.3 Å². The molecule has 0 fully saturated rings. The van der Waals surface area contributed by atoms with Gasteiger partial charge in [0, 0.05) is 5.69 Å². The van der Waals surface area contributed by atoms with Crippen LogP contribution in [0.25, 0.3) is 0 Å². The molecule has 0 bridgehead atoms. The third-order valence-corrected chi connectivity index (χ3v) is 3.57. The number of halogens is 6. The molecule has 10 heteroatoms. The number of rotatable bonds is 2. The van der Waals surface area contributed by atoms with Gasteiger partial charge in [0.15, 0.2) is 0 Å². The van der Waals surface area contributed by atoms with E-state index in [1.54, 1.807) is 0 Å². The minimum atomic E-state index is -4.71. The van der Waals surface area contributed by atoms with E-state index >= 15 is 0 Å². The maximum atomic E-state index is 12.9. The fraction of sp³-hybridized carbons (Fsp3) is 0.0667. The maximum absolute atomic E-state index is 12.9. The standard InChI is InChI=1S/C15H8Cl2F4N2O2/c16-11-4-2-8(6-10(11)15(19,20)21)22-14(25)23-13(24)9-3-1-7(18)5-12(9)17/h1-6H,(H2,22,23,24,25). The van der Waals surface area contributed by atoms with Crippen LogP contribution in [0.2, 0.25) is 10.0 Å². The van der Waals surface area contributed by atoms with Crippen LogP contribution in [0.5, 0.6) is 0 Å². The Kier molecular flexibility index (Phi) is 5.54. The van der Waals surface area contributed by atoms with Crippen molar-refractivity contribution in [2.75, 3.05) is 5.32 Å². The highest BCUT2D eigenvalue weighted by molar-refractivity contribution is 6.34. The number of hydrogen-bond donors (Lipinski definition) is 2. The Hall–Kier alpha value is -2.32. The van der Waals surface area contributed by atoms with Gasteiger partial charge >= 0.3 is 12.2 Å². The summed E-state index contributed by atoms with van der Waals surface area (Å²) in [7, 11) is 0. The molecule has 2 aromatic carbocycles. The highest BCUT2D eigenvalue weighted by Gasteiger charge is 2.33. The molecule has 0 unspecified atom stereocenters. The van der Waals surface area contributed by atoms with Crippen LogP contribution in [0, 0.1) is 5.82 Å². The molecule has 0 saturated heterocycles. The van der Waals surface area contributed by atoms with Crippen molar-refractivity contribution in [3.63, 3.8) is 0 Å². The van der Waals surface area contributed by atoms with Crippen molar-refractivity contribution in [2.45, 2.75) is 6.18 Å². The normalized spacial score (nSPS) is 11.1. The number of carbonyl (C=O) groups excluding carboxylic acids is 2. The van der Waals surface area contributed by atoms with E-state index < -0.39 is 34.5 Å². The van der Waals surface area contributed by atoms with Gasteiger partial charge in [0.1, 0.15) is 5.82 Å². The molecule has 0 heterocycles. The first-order valence-corrected chi connectivity index (χ1v) is 7.27. The lowest BCUT2D eigenvalue weighted by Gasteiger charge is -2.12. The molecule has 0 spiro atoms. The second kappa shape index (κ2) is 7.28. The van der Waals surface area contributed by atoms with E-state index in [1.807, 2.05) is 5.32 Å². The van der Waals surface area contributed by atoms with Crippen molar-refractivity contribution in [1.29, 1.82) is 0 Å². The second-order valence-corrected chi connectivity index (χ2v) is 5.54. The number of benzene rings is 2. The van der Waals surface area contributed by atoms with Gasteiger partial charge in [-0.3, -0.25) is 10.1 Å². The van der Waals surface area contributed by atoms with Crippen LogP contribution in [-0.4, -0.2) is 11.9 Å². The molecule has 0 aliphatic rings. The number of anilines is 1. The van der Waals surface area contributed by atoms with Gasteiger partial charge in [0.2, 0.25) is 0 Å². The Balaban J connectivity index is 2.11. The van der Waals surface area contributed by atoms with Crippen LogP contribution in [0.15, 0.2) is 36.4 Å². The Labute approximate surface area is 148 Å². The largest absolute Gasteiger partial charge is 0.417 e. The highest BCUT2D eigenvalue weighted by Crippen LogP contribution is 2.36. The number of amides is 3. The number of nitrogens with one attached hydrogen (secondary N) is 2. The summed E-state index contributed by atoms with van der Waals surface area (Å²) in [5.41, 5.74) is -1.54. The zero-order valence-electron chi connectivity index (χ0n) is 12.0. The summed E-state index contributed by atoms with van der Waals surface area (Å²) in [5.74, 6) is -1.63. The predicted octanol–water partition coefficient (Wildman–Crippen LogP) is 5.11. The van der Waals surface area contributed by atoms with Gasteiger partial charge in [0.05, 0.1) is 21.2 Å². The van der Waals surface area contributed by atoms with E-state index in [1.165, 1.54) is 0 Å². The van der Waals surface area contributed by atoms with E-state index in [0.29, 0.717) is 6.07 Å². The fourth-order valence-corrected chi connectivity index (χ4v) is 2.30. The average molecular weight is 395 g/mol. The summed E-state index contributed by atoms with van der Waals surface area (Å²) in [6.07, 6.45) is -4.71. The first-order chi connectivity index (χ1) is 11.6. The minimum Gasteiger partial charge on any atom is -0.308 e. The number of imide groups is 1. The zero-order valence-corrected chi connectivity index (χ0v) is 13.6. The SMILES string of the molecule is O=C(NC(=O)c1ccc(F)cc1Cl)Nc1ccc(Cl)c(C(F)(F)F)c1. The number of alkyl halides is 3. The number of hydrogen-bond acceptors (Lipinski definition) is 2. The van der Waals surface area contributed by atoms with Crippen LogP contribution in [0.3, 0.4) is 0 Å². The molecule has 0 aromatic heterocycles. The van der Waals surface area contributed by atoms with Crippen molar-refractivity contribution in [1.82, 2.24) is 5.32 Å². The molecule has 3 amide bonds. The van der Waals surface area contributed by atoms with E-state index in [4.69, 9.17) is 23.2 Å². The summed E-state index contributed by atoms with van der Waals surface area (Å²) < 4.78 is 51.2. The van der Waals surface area contributed by atoms with E-state index in [-0.39, 0.29) is 16.3 Å². The first kappa shape index (κ1) is 19.0. The number of urea groups is 1. The van der Waals surface area contributed by atoms with Crippen molar-refractivity contribution in [3.8, 4) is 0 Å². The predicted molar refractivity (Wildman–Crippen MR) is 84.3 cm³/mol. The molecule has 0 aliphatic heterocycles. The molecule has 0 aliphatic carbocycles. The van der Waals surface area contributed by atoms with Gasteiger partial charge < -0.3 is 5.32 Å². The van der Waals surface area contributed by atoms with Gasteiger partial charge in [-0.1, -0.05) is 23.2 Å². The summed E-state index contributed by atoms with van der Waals surface area (Å²) in [4.78, 5) is 23.6. The van der Waals surface area contributed by atoms with Gasteiger partial charge in [0.25, 0.3) is 5.91 Å². The third kappa shape index (κ3) is 4.83. The monoisotopic (exact) mass is 394 g/mol. The Morgan fingerprint density at radius 3 is 2.24 bits per heavy atom. The van der Waals surface area contributed by atoms with Gasteiger partial charge in [-0.2, -0.15) is 13.2 Å². The maximum Gasteiger partial charge on any atom is 0.417 e. The molecule has 0 radical (unpaired) electrons. The Morgan fingerprint density at radius 2 is 1.64 bits per heavy atom. The smallest absolute Gasteiger partial charge is 0.308 e. The van der Waals surface area contributed by atoms with Crippen LogP contribution >= 0.6 is 23.2 Å². The van der Waals surface area contributed by atoms with Crippen LogP contribution in [0.1, 0.15) is 15.9 Å². The first-order valence-electron chi connectivity index (χ1n) is 6.52. The van der Waals surface area contributed by atoms with Crippen LogP contribution < -0.4 is 10.6 Å². The molecule has 132 valence electrons. The van der Waals surface area contributed by atoms with Crippen molar-refractivity contribution in [2.24, 2.45) is 0 Å². The summed E-state index contributed by atoms with van der Waals surface area (Å²) in [6.45, 7) is 0. The van der Waals surface area contributed by atoms with Crippen molar-refractivity contribution < 1.29 is 27.2 Å². The summed E-state index contributed by atoms with van der Waals surface area (Å²) >= 11 is 11.1. The van der Waals surface area contributed by atoms with E-state index in [9.17, 15) is 27.2 Å². The zero-order chi connectivity index (χ0) is 18.8. The Morgan fingerprint density at radius 1 is 0.960 bits per heavy atom. The van der Waals surface area contributed by atoms with Gasteiger partial charge in [-0.25, -0.2) is 9.18 Å². The molecule has 0 saturated carbocycles. The molecule has 4 nitrogen and oxygen atoms in total. The van der Waals surface area contributed by atoms with Gasteiger partial charge in [-0.05, 0) is 36.4 Å². The van der Waals surface area contributed by atoms with Crippen molar-refractivity contribution >= 4 is 40.8 Å². The fourth-order valence-electron chi connectivity index (χ4n) is 1.83. The molecular formula is C15H8Cl2F4N2O2. The topological polar surface area (TPSA) is 58.2 Å². The van der Waals surface area contributed by atoms with Crippen molar-refractivity contribution in [3.05, 3.63) is 63.4 Å². The molecule has 2 aromatic rings. The summed E-state index contributed by atoms with van der Waals surface area (Å²) in [6, 6.07) is 4.52. The molecule has 2 rings (SSSR count). The third-order valence-electron chi connectivity index (χ3n) is 2.93. The van der Waals surface area contributed by atoms with Crippen LogP contribution in [0.4, 0.5) is 28.0 Å². The molecule has 0 atom stereocenters. The highest BCUT2D eigenvalue weighted by atomic mass is 35.5. The lowest BCUT2D eigenvalue weighted by molar-refractivity contribution is -0.137. The van der Waals surface area contributed by atoms with Crippen LogP contribution in [-0.2, 0) is 6.18 Å². The quantitative estimate of drug-likeness (QED) is 0.695. The lowest BCUT2D eigenvalue weighted by atomic mass is 10.2. The molecule has 2 N–H and O–H groups in total. The second-order valence-electron chi connectivity index (χ2n) is 4.72. The lowest BCUT2D eigenvalue weighted by Crippen LogP contribution is -2.34. The molecular weight excluding hydrogens is 387 g/mol. The molecule has 25 heavy (non-hydrogen) atoms. The Bertz CT molecular complexity index is 841. The average Bonchev–Trinajstić information content (AvgIpc) is 2.47. The number of carbonyl (C=O) groups is 2. The minimum absolute atomic E-state index is 0.176.